The van der Waals surface area contributed by atoms with Crippen LogP contribution in [0, 0.1) is 5.92 Å². The number of ether oxygens (including phenoxy) is 2. The molecule has 0 spiro atoms. The van der Waals surface area contributed by atoms with E-state index in [4.69, 9.17) is 14.0 Å². The Labute approximate surface area is 147 Å². The van der Waals surface area contributed by atoms with Gasteiger partial charge in [-0.05, 0) is 43.0 Å². The minimum atomic E-state index is 0.139. The monoisotopic (exact) mass is 344 g/mol. The zero-order valence-corrected chi connectivity index (χ0v) is 14.7. The summed E-state index contributed by atoms with van der Waals surface area (Å²) in [6, 6.07) is 9.30. The van der Waals surface area contributed by atoms with Gasteiger partial charge in [-0.3, -0.25) is 4.79 Å². The molecule has 1 aromatic heterocycles. The minimum Gasteiger partial charge on any atom is -0.492 e. The van der Waals surface area contributed by atoms with Gasteiger partial charge in [0.05, 0.1) is 12.2 Å². The number of carbonyl (C=O) groups is 1. The molecule has 25 heavy (non-hydrogen) atoms. The fourth-order valence-corrected chi connectivity index (χ4v) is 2.29. The molecular formula is C19H24N2O4. The van der Waals surface area contributed by atoms with Gasteiger partial charge in [-0.1, -0.05) is 19.0 Å². The summed E-state index contributed by atoms with van der Waals surface area (Å²) in [5.41, 5.74) is 0.927. The fourth-order valence-electron chi connectivity index (χ4n) is 2.29. The maximum Gasteiger partial charge on any atom is 0.223 e. The third-order valence-corrected chi connectivity index (χ3v) is 3.99. The van der Waals surface area contributed by atoms with E-state index in [1.807, 2.05) is 30.3 Å². The van der Waals surface area contributed by atoms with E-state index in [0.717, 1.165) is 30.0 Å². The second-order valence-electron chi connectivity index (χ2n) is 6.55. The lowest BCUT2D eigenvalue weighted by Crippen LogP contribution is -2.29. The summed E-state index contributed by atoms with van der Waals surface area (Å²) in [6.45, 7) is 5.45. The van der Waals surface area contributed by atoms with Crippen molar-refractivity contribution in [2.75, 3.05) is 13.2 Å². The minimum absolute atomic E-state index is 0.139. The molecule has 2 aromatic rings. The van der Waals surface area contributed by atoms with Crippen molar-refractivity contribution in [3.8, 4) is 11.5 Å². The van der Waals surface area contributed by atoms with Crippen LogP contribution < -0.4 is 14.8 Å². The van der Waals surface area contributed by atoms with Gasteiger partial charge in [0.1, 0.15) is 24.7 Å². The number of nitrogens with zero attached hydrogens (tertiary/aromatic N) is 1. The second-order valence-corrected chi connectivity index (χ2v) is 6.55. The summed E-state index contributed by atoms with van der Waals surface area (Å²) in [6.07, 6.45) is 2.03. The molecule has 1 saturated carbocycles. The third kappa shape index (κ3) is 5.24. The molecule has 1 N–H and O–H groups in total. The first-order valence-corrected chi connectivity index (χ1v) is 8.70. The average Bonchev–Trinajstić information content (AvgIpc) is 3.35. The van der Waals surface area contributed by atoms with Crippen LogP contribution in [0.5, 0.6) is 11.5 Å². The van der Waals surface area contributed by atoms with Crippen LogP contribution in [-0.4, -0.2) is 24.2 Å². The van der Waals surface area contributed by atoms with Crippen LogP contribution in [-0.2, 0) is 11.4 Å². The summed E-state index contributed by atoms with van der Waals surface area (Å²) in [4.78, 5) is 11.5. The first-order valence-electron chi connectivity index (χ1n) is 8.70. The van der Waals surface area contributed by atoms with Crippen LogP contribution in [0.15, 0.2) is 34.9 Å². The number of rotatable bonds is 9. The highest BCUT2D eigenvalue weighted by Crippen LogP contribution is 2.28. The molecule has 1 aromatic carbocycles. The lowest BCUT2D eigenvalue weighted by molar-refractivity contribution is -0.122. The highest BCUT2D eigenvalue weighted by molar-refractivity contribution is 5.80. The Morgan fingerprint density at radius 1 is 1.24 bits per heavy atom. The molecule has 3 rings (SSSR count). The van der Waals surface area contributed by atoms with Crippen molar-refractivity contribution in [1.82, 2.24) is 10.5 Å². The van der Waals surface area contributed by atoms with E-state index in [-0.39, 0.29) is 11.8 Å². The highest BCUT2D eigenvalue weighted by Gasteiger charge is 2.28. The van der Waals surface area contributed by atoms with Gasteiger partial charge < -0.3 is 19.3 Å². The van der Waals surface area contributed by atoms with E-state index in [1.165, 1.54) is 0 Å². The molecule has 0 radical (unpaired) electrons. The number of nitrogens with one attached hydrogen (secondary N) is 1. The van der Waals surface area contributed by atoms with Crippen molar-refractivity contribution in [1.29, 1.82) is 0 Å². The number of benzene rings is 1. The number of aromatic nitrogens is 1. The normalized spacial score (nSPS) is 13.7. The molecule has 0 unspecified atom stereocenters. The Morgan fingerprint density at radius 3 is 2.52 bits per heavy atom. The van der Waals surface area contributed by atoms with Crippen molar-refractivity contribution >= 4 is 5.91 Å². The van der Waals surface area contributed by atoms with E-state index in [1.54, 1.807) is 0 Å². The molecule has 0 atom stereocenters. The molecule has 1 aliphatic rings. The molecule has 0 saturated heterocycles. The standard InChI is InChI=1S/C19H24N2O4/c1-13(2)18-11-17(25-21-18)12-24-16-7-5-15(6-8-16)23-10-9-20-19(22)14-3-4-14/h5-8,11,13-14H,3-4,9-10,12H2,1-2H3,(H,20,22). The van der Waals surface area contributed by atoms with Gasteiger partial charge in [0, 0.05) is 12.0 Å². The summed E-state index contributed by atoms with van der Waals surface area (Å²) in [7, 11) is 0. The van der Waals surface area contributed by atoms with Gasteiger partial charge in [-0.2, -0.15) is 0 Å². The predicted molar refractivity (Wildman–Crippen MR) is 92.6 cm³/mol. The summed E-state index contributed by atoms with van der Waals surface area (Å²) in [5, 5.41) is 6.88. The molecule has 1 heterocycles. The second kappa shape index (κ2) is 8.05. The third-order valence-electron chi connectivity index (χ3n) is 3.99. The lowest BCUT2D eigenvalue weighted by Gasteiger charge is -2.08. The van der Waals surface area contributed by atoms with Gasteiger partial charge in [-0.15, -0.1) is 0 Å². The van der Waals surface area contributed by atoms with Crippen LogP contribution in [0.1, 0.15) is 44.1 Å². The Morgan fingerprint density at radius 2 is 1.92 bits per heavy atom. The quantitative estimate of drug-likeness (QED) is 0.707. The smallest absolute Gasteiger partial charge is 0.223 e. The van der Waals surface area contributed by atoms with Gasteiger partial charge in [-0.25, -0.2) is 0 Å². The molecule has 1 aliphatic carbocycles. The van der Waals surface area contributed by atoms with Crippen molar-refractivity contribution in [3.05, 3.63) is 41.8 Å². The van der Waals surface area contributed by atoms with E-state index >= 15 is 0 Å². The van der Waals surface area contributed by atoms with Crippen LogP contribution in [0.25, 0.3) is 0 Å². The zero-order chi connectivity index (χ0) is 17.6. The summed E-state index contributed by atoms with van der Waals surface area (Å²) >= 11 is 0. The zero-order valence-electron chi connectivity index (χ0n) is 14.7. The maximum absolute atomic E-state index is 11.5. The van der Waals surface area contributed by atoms with Crippen molar-refractivity contribution < 1.29 is 18.8 Å². The first-order chi connectivity index (χ1) is 12.1. The largest absolute Gasteiger partial charge is 0.492 e. The molecule has 1 amide bonds. The number of hydrogen-bond acceptors (Lipinski definition) is 5. The molecule has 134 valence electrons. The molecule has 1 fully saturated rings. The molecule has 0 bridgehead atoms. The lowest BCUT2D eigenvalue weighted by atomic mass is 10.1. The molecule has 0 aliphatic heterocycles. The van der Waals surface area contributed by atoms with Crippen LogP contribution in [0.3, 0.4) is 0 Å². The fraction of sp³-hybridized carbons (Fsp3) is 0.474. The van der Waals surface area contributed by atoms with Gasteiger partial charge in [0.2, 0.25) is 5.91 Å². The van der Waals surface area contributed by atoms with Crippen molar-refractivity contribution in [2.45, 2.75) is 39.2 Å². The molecule has 6 nitrogen and oxygen atoms in total. The maximum atomic E-state index is 11.5. The van der Waals surface area contributed by atoms with E-state index in [2.05, 4.69) is 24.3 Å². The summed E-state index contributed by atoms with van der Waals surface area (Å²) < 4.78 is 16.5. The molecular weight excluding hydrogens is 320 g/mol. The SMILES string of the molecule is CC(C)c1cc(COc2ccc(OCCNC(=O)C3CC3)cc2)on1. The number of amides is 1. The van der Waals surface area contributed by atoms with Crippen LogP contribution >= 0.6 is 0 Å². The Balaban J connectivity index is 1.38. The Hall–Kier alpha value is -2.50. The topological polar surface area (TPSA) is 73.6 Å². The van der Waals surface area contributed by atoms with Gasteiger partial charge in [0.25, 0.3) is 0 Å². The Kier molecular flexibility index (Phi) is 5.58. The van der Waals surface area contributed by atoms with Crippen LogP contribution in [0.4, 0.5) is 0 Å². The first kappa shape index (κ1) is 17.3. The van der Waals surface area contributed by atoms with Gasteiger partial charge in [0.15, 0.2) is 5.76 Å². The van der Waals surface area contributed by atoms with Gasteiger partial charge >= 0.3 is 0 Å². The summed E-state index contributed by atoms with van der Waals surface area (Å²) in [5.74, 6) is 2.89. The van der Waals surface area contributed by atoms with Crippen molar-refractivity contribution in [3.63, 3.8) is 0 Å². The highest BCUT2D eigenvalue weighted by atomic mass is 16.5. The van der Waals surface area contributed by atoms with E-state index in [0.29, 0.717) is 31.4 Å². The molecule has 6 heteroatoms. The predicted octanol–water partition coefficient (Wildman–Crippen LogP) is 3.28. The van der Waals surface area contributed by atoms with Crippen LogP contribution in [0.2, 0.25) is 0 Å². The number of hydrogen-bond donors (Lipinski definition) is 1. The van der Waals surface area contributed by atoms with E-state index in [9.17, 15) is 4.79 Å². The Bertz CT molecular complexity index is 690. The van der Waals surface area contributed by atoms with Crippen molar-refractivity contribution in [2.24, 2.45) is 5.92 Å². The average molecular weight is 344 g/mol. The van der Waals surface area contributed by atoms with E-state index < -0.39 is 0 Å². The number of carbonyl (C=O) groups excluding carboxylic acids is 1.